The molecule has 1 aliphatic rings. The third-order valence-electron chi connectivity index (χ3n) is 3.17. The molecule has 0 unspecified atom stereocenters. The summed E-state index contributed by atoms with van der Waals surface area (Å²) in [5, 5.41) is -0.383. The number of hydrogen-bond acceptors (Lipinski definition) is 4. The zero-order valence-corrected chi connectivity index (χ0v) is 12.3. The molecule has 7 heteroatoms. The minimum absolute atomic E-state index is 0.0267. The van der Waals surface area contributed by atoms with Crippen LogP contribution in [0.1, 0.15) is 23.7 Å². The average Bonchev–Trinajstić information content (AvgIpc) is 2.69. The summed E-state index contributed by atoms with van der Waals surface area (Å²) in [6.45, 7) is 2.40. The van der Waals surface area contributed by atoms with Gasteiger partial charge in [0.05, 0.1) is 16.6 Å². The number of halogens is 1. The Kier molecular flexibility index (Phi) is 3.82. The van der Waals surface area contributed by atoms with Crippen LogP contribution in [0.5, 0.6) is 0 Å². The van der Waals surface area contributed by atoms with Gasteiger partial charge >= 0.3 is 0 Å². The molecule has 0 bridgehead atoms. The van der Waals surface area contributed by atoms with E-state index in [0.717, 1.165) is 0 Å². The quantitative estimate of drug-likeness (QED) is 0.783. The molecule has 1 aromatic rings. The van der Waals surface area contributed by atoms with Gasteiger partial charge in [0.15, 0.2) is 14.5 Å². The second-order valence-electron chi connectivity index (χ2n) is 4.40. The summed E-state index contributed by atoms with van der Waals surface area (Å²) in [6, 6.07) is 1.59. The summed E-state index contributed by atoms with van der Waals surface area (Å²) >= 11 is 3.13. The van der Waals surface area contributed by atoms with E-state index in [9.17, 15) is 13.2 Å². The van der Waals surface area contributed by atoms with Crippen molar-refractivity contribution in [2.75, 3.05) is 18.8 Å². The van der Waals surface area contributed by atoms with Crippen molar-refractivity contribution >= 4 is 31.7 Å². The van der Waals surface area contributed by atoms with Crippen molar-refractivity contribution in [3.63, 3.8) is 0 Å². The molecule has 2 rings (SSSR count). The molecule has 0 N–H and O–H groups in total. The fourth-order valence-electron chi connectivity index (χ4n) is 1.88. The zero-order chi connectivity index (χ0) is 13.3. The lowest BCUT2D eigenvalue weighted by Gasteiger charge is -2.18. The minimum Gasteiger partial charge on any atom is -0.457 e. The van der Waals surface area contributed by atoms with Gasteiger partial charge in [0, 0.05) is 19.2 Å². The monoisotopic (exact) mass is 335 g/mol. The van der Waals surface area contributed by atoms with E-state index in [4.69, 9.17) is 4.42 Å². The SMILES string of the molecule is C[C@H]1CCN(C(=O)c2coc(Br)c2)CCS1(=O)=O. The Bertz CT molecular complexity index is 551. The van der Waals surface area contributed by atoms with Gasteiger partial charge in [-0.05, 0) is 29.3 Å². The maximum atomic E-state index is 12.1. The van der Waals surface area contributed by atoms with Gasteiger partial charge in [0.25, 0.3) is 5.91 Å². The molecule has 2 heterocycles. The minimum atomic E-state index is -3.07. The molecule has 1 aliphatic heterocycles. The van der Waals surface area contributed by atoms with Gasteiger partial charge in [-0.3, -0.25) is 4.79 Å². The summed E-state index contributed by atoms with van der Waals surface area (Å²) < 4.78 is 29.0. The van der Waals surface area contributed by atoms with Gasteiger partial charge in [0.2, 0.25) is 0 Å². The van der Waals surface area contributed by atoms with Gasteiger partial charge in [0.1, 0.15) is 6.26 Å². The van der Waals surface area contributed by atoms with Gasteiger partial charge in [-0.25, -0.2) is 8.42 Å². The molecule has 1 fully saturated rings. The van der Waals surface area contributed by atoms with E-state index in [1.165, 1.54) is 6.26 Å². The number of carbonyl (C=O) groups excluding carboxylic acids is 1. The number of rotatable bonds is 1. The highest BCUT2D eigenvalue weighted by atomic mass is 79.9. The molecular weight excluding hydrogens is 322 g/mol. The number of sulfone groups is 1. The van der Waals surface area contributed by atoms with Crippen molar-refractivity contribution in [3.05, 3.63) is 22.6 Å². The Morgan fingerprint density at radius 3 is 2.83 bits per heavy atom. The molecule has 18 heavy (non-hydrogen) atoms. The summed E-state index contributed by atoms with van der Waals surface area (Å²) in [7, 11) is -3.07. The Labute approximate surface area is 114 Å². The van der Waals surface area contributed by atoms with Crippen molar-refractivity contribution in [1.82, 2.24) is 4.90 Å². The lowest BCUT2D eigenvalue weighted by molar-refractivity contribution is 0.0766. The first-order chi connectivity index (χ1) is 8.40. The van der Waals surface area contributed by atoms with Crippen LogP contribution >= 0.6 is 15.9 Å². The van der Waals surface area contributed by atoms with E-state index in [-0.39, 0.29) is 23.5 Å². The summed E-state index contributed by atoms with van der Waals surface area (Å²) in [5.74, 6) is -0.160. The lowest BCUT2D eigenvalue weighted by Crippen LogP contribution is -2.33. The first-order valence-corrected chi connectivity index (χ1v) is 8.16. The highest BCUT2D eigenvalue weighted by Gasteiger charge is 2.29. The molecule has 1 atom stereocenters. The molecule has 0 aromatic carbocycles. The second-order valence-corrected chi connectivity index (χ2v) is 7.72. The standard InChI is InChI=1S/C11H14BrNO4S/c1-8-2-3-13(4-5-18(8,15)16)11(14)9-6-10(12)17-7-9/h6-8H,2-5H2,1H3/t8-/m0/s1. The Balaban J connectivity index is 2.13. The van der Waals surface area contributed by atoms with Gasteiger partial charge in [-0.1, -0.05) is 0 Å². The van der Waals surface area contributed by atoms with Crippen molar-refractivity contribution < 1.29 is 17.6 Å². The van der Waals surface area contributed by atoms with E-state index in [1.807, 2.05) is 0 Å². The first-order valence-electron chi connectivity index (χ1n) is 5.65. The van der Waals surface area contributed by atoms with Crippen LogP contribution in [0.15, 0.2) is 21.4 Å². The molecule has 0 spiro atoms. The van der Waals surface area contributed by atoms with E-state index < -0.39 is 9.84 Å². The van der Waals surface area contributed by atoms with E-state index in [0.29, 0.717) is 23.2 Å². The predicted octanol–water partition coefficient (Wildman–Crippen LogP) is 1.69. The predicted molar refractivity (Wildman–Crippen MR) is 70.2 cm³/mol. The maximum Gasteiger partial charge on any atom is 0.257 e. The average molecular weight is 336 g/mol. The van der Waals surface area contributed by atoms with Crippen molar-refractivity contribution in [2.24, 2.45) is 0 Å². The highest BCUT2D eigenvalue weighted by molar-refractivity contribution is 9.10. The molecule has 1 aromatic heterocycles. The van der Waals surface area contributed by atoms with Crippen LogP contribution in [-0.4, -0.2) is 43.3 Å². The van der Waals surface area contributed by atoms with Crippen molar-refractivity contribution in [1.29, 1.82) is 0 Å². The Morgan fingerprint density at radius 2 is 2.22 bits per heavy atom. The van der Waals surface area contributed by atoms with Crippen molar-refractivity contribution in [2.45, 2.75) is 18.6 Å². The van der Waals surface area contributed by atoms with Crippen molar-refractivity contribution in [3.8, 4) is 0 Å². The van der Waals surface area contributed by atoms with Gasteiger partial charge < -0.3 is 9.32 Å². The highest BCUT2D eigenvalue weighted by Crippen LogP contribution is 2.18. The molecule has 0 saturated carbocycles. The number of nitrogens with zero attached hydrogens (tertiary/aromatic N) is 1. The number of amides is 1. The summed E-state index contributed by atoms with van der Waals surface area (Å²) in [6.07, 6.45) is 1.85. The van der Waals surface area contributed by atoms with Crippen LogP contribution in [0.2, 0.25) is 0 Å². The zero-order valence-electron chi connectivity index (χ0n) is 9.93. The smallest absolute Gasteiger partial charge is 0.257 e. The fourth-order valence-corrected chi connectivity index (χ4v) is 3.56. The van der Waals surface area contributed by atoms with Crippen LogP contribution in [0.3, 0.4) is 0 Å². The van der Waals surface area contributed by atoms with Crippen LogP contribution < -0.4 is 0 Å². The van der Waals surface area contributed by atoms with E-state index in [2.05, 4.69) is 15.9 Å². The Morgan fingerprint density at radius 1 is 1.50 bits per heavy atom. The van der Waals surface area contributed by atoms with Crippen LogP contribution in [0.25, 0.3) is 0 Å². The molecular formula is C11H14BrNO4S. The first kappa shape index (κ1) is 13.6. The summed E-state index contributed by atoms with van der Waals surface area (Å²) in [5.41, 5.74) is 0.439. The maximum absolute atomic E-state index is 12.1. The number of hydrogen-bond donors (Lipinski definition) is 0. The number of carbonyl (C=O) groups is 1. The van der Waals surface area contributed by atoms with E-state index >= 15 is 0 Å². The Hall–Kier alpha value is -0.820. The van der Waals surface area contributed by atoms with E-state index in [1.54, 1.807) is 17.9 Å². The largest absolute Gasteiger partial charge is 0.457 e. The van der Waals surface area contributed by atoms with Crippen LogP contribution in [0.4, 0.5) is 0 Å². The van der Waals surface area contributed by atoms with Crippen LogP contribution in [0, 0.1) is 0 Å². The third-order valence-corrected chi connectivity index (χ3v) is 5.80. The van der Waals surface area contributed by atoms with Crippen LogP contribution in [-0.2, 0) is 9.84 Å². The molecule has 1 amide bonds. The third kappa shape index (κ3) is 2.77. The molecule has 0 aliphatic carbocycles. The molecule has 1 saturated heterocycles. The number of furan rings is 1. The molecule has 100 valence electrons. The second kappa shape index (κ2) is 5.05. The lowest BCUT2D eigenvalue weighted by atomic mass is 10.2. The fraction of sp³-hybridized carbons (Fsp3) is 0.545. The normalized spacial score (nSPS) is 23.7. The molecule has 5 nitrogen and oxygen atoms in total. The summed E-state index contributed by atoms with van der Waals surface area (Å²) in [4.78, 5) is 13.7. The van der Waals surface area contributed by atoms with Gasteiger partial charge in [-0.2, -0.15) is 0 Å². The topological polar surface area (TPSA) is 67.6 Å². The molecule has 0 radical (unpaired) electrons. The van der Waals surface area contributed by atoms with Gasteiger partial charge in [-0.15, -0.1) is 0 Å².